The van der Waals surface area contributed by atoms with E-state index in [2.05, 4.69) is 15.3 Å². The number of rotatable bonds is 9. The monoisotopic (exact) mass is 570 g/mol. The van der Waals surface area contributed by atoms with Crippen molar-refractivity contribution in [2.24, 2.45) is 0 Å². The van der Waals surface area contributed by atoms with E-state index in [1.807, 2.05) is 26.0 Å². The predicted molar refractivity (Wildman–Crippen MR) is 155 cm³/mol. The molecule has 0 saturated carbocycles. The van der Waals surface area contributed by atoms with Gasteiger partial charge in [-0.3, -0.25) is 14.6 Å². The van der Waals surface area contributed by atoms with Crippen molar-refractivity contribution in [2.75, 3.05) is 7.05 Å². The van der Waals surface area contributed by atoms with Gasteiger partial charge in [0, 0.05) is 37.2 Å². The van der Waals surface area contributed by atoms with Crippen LogP contribution in [0, 0.1) is 31.3 Å². The number of carbonyl (C=O) groups excluding carboxylic acids is 2. The fourth-order valence-electron chi connectivity index (χ4n) is 5.24. The van der Waals surface area contributed by atoms with E-state index in [-0.39, 0.29) is 30.7 Å². The summed E-state index contributed by atoms with van der Waals surface area (Å²) < 4.78 is 44.5. The number of pyridine rings is 1. The van der Waals surface area contributed by atoms with Crippen molar-refractivity contribution < 1.29 is 22.8 Å². The molecule has 0 fully saturated rings. The molecule has 0 aliphatic carbocycles. The number of aryl methyl sites for hydroxylation is 2. The van der Waals surface area contributed by atoms with Gasteiger partial charge in [0.1, 0.15) is 17.5 Å². The Hall–Kier alpha value is -4.79. The van der Waals surface area contributed by atoms with E-state index < -0.39 is 29.3 Å². The summed E-state index contributed by atoms with van der Waals surface area (Å²) in [6.07, 6.45) is 3.33. The molecule has 0 aliphatic rings. The van der Waals surface area contributed by atoms with Crippen LogP contribution in [0.15, 0.2) is 73.2 Å². The highest BCUT2D eigenvalue weighted by Gasteiger charge is 2.24. The zero-order valence-electron chi connectivity index (χ0n) is 23.4. The summed E-state index contributed by atoms with van der Waals surface area (Å²) in [5, 5.41) is 2.43. The highest BCUT2D eigenvalue weighted by atomic mass is 19.1. The SMILES string of the molecule is CNC(=O)c1cc(-c2cccnc2[C@@H](CC(=O)Cn2cnc3cc(C)c(C)cc32)Cc2cc(F)cc(F)c2)ccc1F. The molecule has 3 aromatic carbocycles. The first-order valence-electron chi connectivity index (χ1n) is 13.5. The normalized spacial score (nSPS) is 12.0. The molecule has 0 unspecified atom stereocenters. The number of fused-ring (bicyclic) bond motifs is 1. The topological polar surface area (TPSA) is 76.9 Å². The van der Waals surface area contributed by atoms with Gasteiger partial charge in [0.15, 0.2) is 5.78 Å². The highest BCUT2D eigenvalue weighted by molar-refractivity contribution is 5.95. The molecule has 1 amide bonds. The van der Waals surface area contributed by atoms with Crippen LogP contribution in [0.3, 0.4) is 0 Å². The molecule has 214 valence electrons. The molecule has 6 nitrogen and oxygen atoms in total. The minimum atomic E-state index is -0.722. The van der Waals surface area contributed by atoms with Crippen molar-refractivity contribution in [1.82, 2.24) is 19.9 Å². The number of halogens is 3. The number of aromatic nitrogens is 3. The summed E-state index contributed by atoms with van der Waals surface area (Å²) in [4.78, 5) is 34.9. The lowest BCUT2D eigenvalue weighted by Crippen LogP contribution is -2.19. The Morgan fingerprint density at radius 3 is 2.40 bits per heavy atom. The molecule has 2 heterocycles. The number of nitrogens with zero attached hydrogens (tertiary/aromatic N) is 3. The number of carbonyl (C=O) groups is 2. The molecule has 42 heavy (non-hydrogen) atoms. The van der Waals surface area contributed by atoms with E-state index >= 15 is 0 Å². The smallest absolute Gasteiger partial charge is 0.254 e. The highest BCUT2D eigenvalue weighted by Crippen LogP contribution is 2.33. The van der Waals surface area contributed by atoms with Gasteiger partial charge in [-0.1, -0.05) is 12.1 Å². The lowest BCUT2D eigenvalue weighted by Gasteiger charge is -2.20. The van der Waals surface area contributed by atoms with Crippen LogP contribution < -0.4 is 5.32 Å². The maximum atomic E-state index is 14.5. The number of nitrogens with one attached hydrogen (secondary N) is 1. The van der Waals surface area contributed by atoms with Crippen molar-refractivity contribution in [3.05, 3.63) is 119 Å². The number of benzene rings is 3. The average Bonchev–Trinajstić information content (AvgIpc) is 3.32. The molecular weight excluding hydrogens is 541 g/mol. The number of imidazole rings is 1. The molecule has 0 spiro atoms. The molecule has 0 radical (unpaired) electrons. The van der Waals surface area contributed by atoms with Gasteiger partial charge in [0.2, 0.25) is 0 Å². The molecule has 1 atom stereocenters. The number of Topliss-reactive ketones (excluding diaryl/α,β-unsaturated/α-hetero) is 1. The molecular formula is C33H29F3N4O2. The minimum Gasteiger partial charge on any atom is -0.355 e. The van der Waals surface area contributed by atoms with Gasteiger partial charge >= 0.3 is 0 Å². The van der Waals surface area contributed by atoms with E-state index in [1.54, 1.807) is 29.2 Å². The Morgan fingerprint density at radius 1 is 0.929 bits per heavy atom. The second-order valence-electron chi connectivity index (χ2n) is 10.4. The lowest BCUT2D eigenvalue weighted by molar-refractivity contribution is -0.120. The second kappa shape index (κ2) is 12.0. The van der Waals surface area contributed by atoms with Crippen molar-refractivity contribution in [1.29, 1.82) is 0 Å². The lowest BCUT2D eigenvalue weighted by atomic mass is 9.86. The minimum absolute atomic E-state index is 0.0101. The van der Waals surface area contributed by atoms with Crippen LogP contribution in [0.4, 0.5) is 13.2 Å². The van der Waals surface area contributed by atoms with Crippen LogP contribution in [0.25, 0.3) is 22.2 Å². The van der Waals surface area contributed by atoms with Gasteiger partial charge in [-0.25, -0.2) is 18.2 Å². The van der Waals surface area contributed by atoms with Crippen molar-refractivity contribution in [3.8, 4) is 11.1 Å². The molecule has 0 bridgehead atoms. The van der Waals surface area contributed by atoms with Gasteiger partial charge in [0.25, 0.3) is 5.91 Å². The third kappa shape index (κ3) is 6.10. The van der Waals surface area contributed by atoms with Crippen LogP contribution in [0.5, 0.6) is 0 Å². The van der Waals surface area contributed by atoms with Gasteiger partial charge in [0.05, 0.1) is 35.2 Å². The van der Waals surface area contributed by atoms with Crippen LogP contribution in [0.1, 0.15) is 45.1 Å². The summed E-state index contributed by atoms with van der Waals surface area (Å²) in [6.45, 7) is 4.05. The number of hydrogen-bond donors (Lipinski definition) is 1. The van der Waals surface area contributed by atoms with E-state index in [4.69, 9.17) is 0 Å². The van der Waals surface area contributed by atoms with Gasteiger partial charge in [-0.2, -0.15) is 0 Å². The maximum absolute atomic E-state index is 14.5. The Bertz CT molecular complexity index is 1790. The van der Waals surface area contributed by atoms with Gasteiger partial charge < -0.3 is 9.88 Å². The Balaban J connectivity index is 1.53. The maximum Gasteiger partial charge on any atom is 0.254 e. The Morgan fingerprint density at radius 2 is 1.67 bits per heavy atom. The van der Waals surface area contributed by atoms with Crippen LogP contribution in [0.2, 0.25) is 0 Å². The number of amides is 1. The van der Waals surface area contributed by atoms with Crippen molar-refractivity contribution in [3.63, 3.8) is 0 Å². The molecule has 2 aromatic heterocycles. The standard InChI is InChI=1S/C33H29F3N4O2/c1-19-9-30-31(10-20(19)2)40(18-39-30)17-26(41)14-23(11-21-12-24(34)16-25(35)13-21)32-27(5-4-8-38-32)22-6-7-29(36)28(15-22)33(42)37-3/h4-10,12-13,15-16,18,23H,11,14,17H2,1-3H3,(H,37,42)/t23-/m1/s1. The molecule has 1 N–H and O–H groups in total. The number of hydrogen-bond acceptors (Lipinski definition) is 4. The number of ketones is 1. The first-order valence-corrected chi connectivity index (χ1v) is 13.5. The summed E-state index contributed by atoms with van der Waals surface area (Å²) >= 11 is 0. The third-order valence-electron chi connectivity index (χ3n) is 7.44. The molecule has 0 aliphatic heterocycles. The summed E-state index contributed by atoms with van der Waals surface area (Å²) in [7, 11) is 1.41. The average molecular weight is 571 g/mol. The van der Waals surface area contributed by atoms with Crippen LogP contribution in [-0.2, 0) is 17.8 Å². The summed E-state index contributed by atoms with van der Waals surface area (Å²) in [5.41, 5.74) is 5.62. The zero-order valence-corrected chi connectivity index (χ0v) is 23.4. The molecule has 5 rings (SSSR count). The van der Waals surface area contributed by atoms with Crippen LogP contribution in [-0.4, -0.2) is 33.3 Å². The first-order chi connectivity index (χ1) is 20.1. The Labute approximate surface area is 241 Å². The first kappa shape index (κ1) is 28.7. The molecule has 9 heteroatoms. The Kier molecular flexibility index (Phi) is 8.20. The van der Waals surface area contributed by atoms with E-state index in [1.165, 1.54) is 37.4 Å². The summed E-state index contributed by atoms with van der Waals surface area (Å²) in [6, 6.07) is 14.9. The fraction of sp³-hybridized carbons (Fsp3) is 0.212. The largest absolute Gasteiger partial charge is 0.355 e. The van der Waals surface area contributed by atoms with Crippen molar-refractivity contribution >= 4 is 22.7 Å². The third-order valence-corrected chi connectivity index (χ3v) is 7.44. The summed E-state index contributed by atoms with van der Waals surface area (Å²) in [5.74, 6) is -3.41. The zero-order chi connectivity index (χ0) is 30.0. The fourth-order valence-corrected chi connectivity index (χ4v) is 5.24. The second-order valence-corrected chi connectivity index (χ2v) is 10.4. The van der Waals surface area contributed by atoms with E-state index in [0.717, 1.165) is 28.2 Å². The van der Waals surface area contributed by atoms with Crippen molar-refractivity contribution in [2.45, 2.75) is 39.2 Å². The van der Waals surface area contributed by atoms with Gasteiger partial charge in [-0.05, 0) is 85.0 Å². The van der Waals surface area contributed by atoms with E-state index in [9.17, 15) is 22.8 Å². The molecule has 0 saturated heterocycles. The van der Waals surface area contributed by atoms with Gasteiger partial charge in [-0.15, -0.1) is 0 Å². The van der Waals surface area contributed by atoms with Crippen LogP contribution >= 0.6 is 0 Å². The predicted octanol–water partition coefficient (Wildman–Crippen LogP) is 6.48. The quantitative estimate of drug-likeness (QED) is 0.220. The molecule has 5 aromatic rings. The van der Waals surface area contributed by atoms with E-state index in [0.29, 0.717) is 22.4 Å².